The maximum Gasteiger partial charge on any atom is 0.132 e. The predicted octanol–water partition coefficient (Wildman–Crippen LogP) is 37.0. The molecule has 4 spiro atoms. The number of para-hydroxylation sites is 3. The number of benzene rings is 22. The Labute approximate surface area is 849 Å². The molecule has 22 aromatic carbocycles. The summed E-state index contributed by atoms with van der Waals surface area (Å²) in [4.78, 5) is 10.2. The molecule has 670 valence electrons. The van der Waals surface area contributed by atoms with Gasteiger partial charge in [0, 0.05) is 116 Å². The Balaban J connectivity index is 0.526. The topological polar surface area (TPSA) is 24.9 Å². The van der Waals surface area contributed by atoms with Crippen LogP contribution in [0.4, 0.5) is 34.1 Å². The highest BCUT2D eigenvalue weighted by molar-refractivity contribution is 7.99. The Morgan fingerprint density at radius 2 is 0.444 bits per heavy atom. The molecule has 0 saturated carbocycles. The molecule has 144 heavy (non-hydrogen) atoms. The Morgan fingerprint density at radius 1 is 0.160 bits per heavy atom. The zero-order chi connectivity index (χ0) is 94.0. The smallest absolute Gasteiger partial charge is 0.132 e. The van der Waals surface area contributed by atoms with Crippen molar-refractivity contribution < 1.29 is 9.47 Å². The summed E-state index contributed by atoms with van der Waals surface area (Å²) in [5, 5.41) is 5.03. The first kappa shape index (κ1) is 80.9. The second-order valence-electron chi connectivity index (χ2n) is 39.3. The lowest BCUT2D eigenvalue weighted by molar-refractivity contribution is 0.436. The molecule has 0 saturated heterocycles. The lowest BCUT2D eigenvalue weighted by Crippen LogP contribution is -2.32. The van der Waals surface area contributed by atoms with Gasteiger partial charge < -0.3 is 19.3 Å². The molecule has 0 radical (unpaired) electrons. The van der Waals surface area contributed by atoms with Crippen molar-refractivity contribution in [3.8, 4) is 101 Å². The van der Waals surface area contributed by atoms with Crippen LogP contribution in [0.1, 0.15) is 89.0 Å². The Hall–Kier alpha value is -16.8. The van der Waals surface area contributed by atoms with E-state index < -0.39 is 21.7 Å². The highest BCUT2D eigenvalue weighted by Crippen LogP contribution is 2.70. The van der Waals surface area contributed by atoms with Crippen molar-refractivity contribution in [3.63, 3.8) is 0 Å². The van der Waals surface area contributed by atoms with Crippen LogP contribution in [-0.2, 0) is 21.7 Å². The largest absolute Gasteiger partial charge is 0.457 e. The van der Waals surface area contributed by atoms with Crippen molar-refractivity contribution in [2.24, 2.45) is 0 Å². The maximum absolute atomic E-state index is 7.45. The van der Waals surface area contributed by atoms with Crippen molar-refractivity contribution in [3.05, 3.63) is 574 Å². The third kappa shape index (κ3) is 10.9. The number of hydrogen-bond acceptors (Lipinski definition) is 8. The number of ether oxygens (including phenoxy) is 2. The van der Waals surface area contributed by atoms with E-state index >= 15 is 0 Å². The van der Waals surface area contributed by atoms with Crippen LogP contribution in [0.5, 0.6) is 23.0 Å². The molecule has 0 amide bonds. The molecule has 24 aromatic rings. The molecule has 1 atom stereocenters. The lowest BCUT2D eigenvalue weighted by atomic mass is 9.66. The van der Waals surface area contributed by atoms with E-state index in [1.165, 1.54) is 182 Å². The van der Waals surface area contributed by atoms with Gasteiger partial charge in [-0.05, 0) is 296 Å². The van der Waals surface area contributed by atoms with Crippen LogP contribution in [0.2, 0.25) is 0 Å². The Morgan fingerprint density at radius 3 is 0.882 bits per heavy atom. The molecule has 0 N–H and O–H groups in total. The van der Waals surface area contributed by atoms with E-state index in [0.717, 1.165) is 102 Å². The second kappa shape index (κ2) is 30.4. The fourth-order valence-electron chi connectivity index (χ4n) is 26.8. The van der Waals surface area contributed by atoms with Gasteiger partial charge in [0.2, 0.25) is 0 Å². The molecule has 4 aliphatic carbocycles. The molecule has 8 aliphatic rings. The van der Waals surface area contributed by atoms with Gasteiger partial charge >= 0.3 is 0 Å². The first-order chi connectivity index (χ1) is 71.3. The van der Waals surface area contributed by atoms with Crippen LogP contribution >= 0.6 is 46.2 Å². The third-order valence-corrected chi connectivity index (χ3v) is 37.2. The van der Waals surface area contributed by atoms with Gasteiger partial charge in [-0.1, -0.05) is 357 Å². The summed E-state index contributed by atoms with van der Waals surface area (Å²) in [5.74, 6) is 3.41. The minimum atomic E-state index is -0.793. The number of hydrogen-bond donors (Lipinski definition) is 0. The number of fused-ring (bicyclic) bond motifs is 42. The van der Waals surface area contributed by atoms with Crippen LogP contribution in [0.25, 0.3) is 118 Å². The average Bonchev–Trinajstić information content (AvgIpc) is 1.52. The number of nitrogens with zero attached hydrogens (tertiary/aromatic N) is 2. The second-order valence-corrected chi connectivity index (χ2v) is 43.6. The molecule has 4 aliphatic heterocycles. The van der Waals surface area contributed by atoms with Gasteiger partial charge in [0.25, 0.3) is 0 Å². The summed E-state index contributed by atoms with van der Waals surface area (Å²) in [5.41, 5.74) is 40.3. The SMILES string of the molecule is c1ccc2c(c1)Oc1ccccc1C21c2ccccc2-c2ccc(N(c3ccc(-c4cccc5c4sc4ccc(-c6ccc7c(c6)Oc6ccccc6C76c7ccccc7-c7ccc(N(c8ccc(-c9ccc%10sc%11ccccc%11c%10c9)cc8)c8ccc9c(c8)C8(c%10ccccc%10Sc%10ccccc%108)c8ccccc8-9)cc76)cc45)cc3)c3ccc4c(c3)C3(c5ccccc5Sc5ccccc53)c3ccccc3-4)cc21. The van der Waals surface area contributed by atoms with Crippen molar-refractivity contribution in [1.29, 1.82) is 0 Å². The summed E-state index contributed by atoms with van der Waals surface area (Å²) in [6.07, 6.45) is 0. The minimum absolute atomic E-state index is 0.587. The van der Waals surface area contributed by atoms with Crippen molar-refractivity contribution in [2.45, 2.75) is 41.2 Å². The molecule has 6 heterocycles. The molecule has 0 fully saturated rings. The fourth-order valence-corrected chi connectivity index (χ4v) is 31.4. The first-order valence-corrected chi connectivity index (χ1v) is 52.8. The van der Waals surface area contributed by atoms with E-state index in [0.29, 0.717) is 0 Å². The van der Waals surface area contributed by atoms with Crippen molar-refractivity contribution in [2.75, 3.05) is 9.80 Å². The first-order valence-electron chi connectivity index (χ1n) is 49.5. The average molecular weight is 1900 g/mol. The molecule has 8 heteroatoms. The van der Waals surface area contributed by atoms with Gasteiger partial charge in [-0.3, -0.25) is 0 Å². The normalized spacial score (nSPS) is 15.2. The maximum atomic E-state index is 7.45. The molecule has 1 unspecified atom stereocenters. The zero-order valence-corrected chi connectivity index (χ0v) is 80.8. The van der Waals surface area contributed by atoms with E-state index in [9.17, 15) is 0 Å². The van der Waals surface area contributed by atoms with Crippen LogP contribution < -0.4 is 19.3 Å². The molecule has 32 rings (SSSR count). The van der Waals surface area contributed by atoms with Crippen LogP contribution in [0.15, 0.2) is 505 Å². The fraction of sp³-hybridized carbons (Fsp3) is 0.0294. The van der Waals surface area contributed by atoms with Gasteiger partial charge in [0.15, 0.2) is 0 Å². The van der Waals surface area contributed by atoms with Crippen LogP contribution in [0, 0.1) is 0 Å². The van der Waals surface area contributed by atoms with Gasteiger partial charge in [-0.25, -0.2) is 0 Å². The van der Waals surface area contributed by atoms with E-state index in [1.807, 2.05) is 46.2 Å². The Kier molecular flexibility index (Phi) is 17.1. The van der Waals surface area contributed by atoms with Crippen LogP contribution in [0.3, 0.4) is 0 Å². The molecular weight excluding hydrogens is 1820 g/mol. The summed E-state index contributed by atoms with van der Waals surface area (Å²) in [6.45, 7) is 0. The van der Waals surface area contributed by atoms with E-state index in [2.05, 4.69) is 495 Å². The van der Waals surface area contributed by atoms with E-state index in [-0.39, 0.29) is 0 Å². The summed E-state index contributed by atoms with van der Waals surface area (Å²) < 4.78 is 19.4. The number of thiophene rings is 2. The highest BCUT2D eigenvalue weighted by atomic mass is 32.2. The summed E-state index contributed by atoms with van der Waals surface area (Å²) >= 11 is 7.50. The standard InChI is InChI=1S/C136H80N2O2S4/c1-6-33-105-93(26-1)97-67-63-88(77-117(97)133(105)109-37-10-17-44-121(109)139-122-45-18-11-38-110(122)133)138(91-66-70-100-96-29-4-9-36-108(96)136(120(100)80-91)115-42-15-23-50-130(115)143-131-51-24-16-43-116(131)136)87-61-54-82(55-62-87)92-31-25-32-102-104-75-84(58-73-127(104)144-132(92)102)85-56-71-112-124(76-85)140-123-46-19-12-39-111(123)134(112)106-34-7-2-27-94(106)98-68-64-89(78-118(98)134)137(86-59-52-81(53-60-86)83-57-72-126-103(74-83)101-30-5-20-47-125(101)141-126)90-65-69-99-95-28-3-8-35-107(95)135(119(99)79-90)113-40-13-21-48-128(113)142-129-49-22-14-41-114(129)135/h1-80H. The van der Waals surface area contributed by atoms with Crippen molar-refractivity contribution in [1.82, 2.24) is 0 Å². The Bertz CT molecular complexity index is 9410. The van der Waals surface area contributed by atoms with E-state index in [4.69, 9.17) is 9.47 Å². The van der Waals surface area contributed by atoms with Gasteiger partial charge in [0.05, 0.1) is 21.7 Å². The lowest BCUT2D eigenvalue weighted by Gasteiger charge is -2.40. The molecule has 2 aromatic heterocycles. The summed E-state index contributed by atoms with van der Waals surface area (Å²) in [6, 6.07) is 184. The highest BCUT2D eigenvalue weighted by Gasteiger charge is 2.57. The van der Waals surface area contributed by atoms with Gasteiger partial charge in [0.1, 0.15) is 23.0 Å². The van der Waals surface area contributed by atoms with Gasteiger partial charge in [-0.15, -0.1) is 22.7 Å². The summed E-state index contributed by atoms with van der Waals surface area (Å²) in [7, 11) is 0. The minimum Gasteiger partial charge on any atom is -0.457 e. The predicted molar refractivity (Wildman–Crippen MR) is 596 cm³/mol. The number of anilines is 6. The van der Waals surface area contributed by atoms with Gasteiger partial charge in [-0.2, -0.15) is 0 Å². The van der Waals surface area contributed by atoms with E-state index in [1.54, 1.807) is 0 Å². The molecule has 4 nitrogen and oxygen atoms in total. The van der Waals surface area contributed by atoms with Crippen LogP contribution in [-0.4, -0.2) is 0 Å². The molecule has 0 bridgehead atoms. The monoisotopic (exact) mass is 1900 g/mol. The quantitative estimate of drug-likeness (QED) is 0.143. The third-order valence-electron chi connectivity index (χ3n) is 32.6. The molecular formula is C136H80N2O2S4. The van der Waals surface area contributed by atoms with Crippen molar-refractivity contribution >= 4 is 121 Å². The number of rotatable bonds is 9. The zero-order valence-electron chi connectivity index (χ0n) is 77.5.